The van der Waals surface area contributed by atoms with Crippen molar-refractivity contribution in [2.24, 2.45) is 5.92 Å². The van der Waals surface area contributed by atoms with Gasteiger partial charge >= 0.3 is 0 Å². The highest BCUT2D eigenvalue weighted by atomic mass is 16.5. The van der Waals surface area contributed by atoms with E-state index in [2.05, 4.69) is 45.0 Å². The van der Waals surface area contributed by atoms with Gasteiger partial charge in [0.25, 0.3) is 5.91 Å². The first-order valence-corrected chi connectivity index (χ1v) is 7.49. The van der Waals surface area contributed by atoms with E-state index in [-0.39, 0.29) is 12.5 Å². The second kappa shape index (κ2) is 6.51. The summed E-state index contributed by atoms with van der Waals surface area (Å²) in [6.45, 7) is 5.22. The van der Waals surface area contributed by atoms with Crippen LogP contribution in [0.4, 0.5) is 5.95 Å². The quantitative estimate of drug-likeness (QED) is 0.732. The number of aromatic nitrogens is 4. The lowest BCUT2D eigenvalue weighted by Crippen LogP contribution is -2.20. The van der Waals surface area contributed by atoms with Crippen molar-refractivity contribution in [2.45, 2.75) is 20.4 Å². The number of rotatable bonds is 6. The number of hydrogen-bond acceptors (Lipinski definition) is 4. The van der Waals surface area contributed by atoms with Gasteiger partial charge < -0.3 is 9.30 Å². The highest BCUT2D eigenvalue weighted by Gasteiger charge is 2.10. The Hall–Kier alpha value is -2.83. The van der Waals surface area contributed by atoms with Crippen molar-refractivity contribution in [1.82, 2.24) is 19.7 Å². The summed E-state index contributed by atoms with van der Waals surface area (Å²) in [5.41, 5.74) is 1.10. The summed E-state index contributed by atoms with van der Waals surface area (Å²) in [6, 6.07) is 7.87. The van der Waals surface area contributed by atoms with Crippen molar-refractivity contribution in [3.05, 3.63) is 36.8 Å². The van der Waals surface area contributed by atoms with E-state index in [1.807, 2.05) is 24.4 Å². The van der Waals surface area contributed by atoms with E-state index in [9.17, 15) is 4.79 Å². The molecular formula is C16H19N5O2. The third-order valence-electron chi connectivity index (χ3n) is 3.37. The highest BCUT2D eigenvalue weighted by molar-refractivity contribution is 5.91. The van der Waals surface area contributed by atoms with Gasteiger partial charge in [0.05, 0.1) is 5.52 Å². The standard InChI is InChI=1S/C16H19N5O2/c1-11(2)8-21-7-6-12-13(21)4-3-5-14(12)23-9-15(22)19-16-17-10-18-20-16/h3-7,10-11H,8-9H2,1-2H3,(H2,17,18,19,20,22). The van der Waals surface area contributed by atoms with Crippen molar-refractivity contribution in [3.63, 3.8) is 0 Å². The molecule has 23 heavy (non-hydrogen) atoms. The Bertz CT molecular complexity index is 792. The SMILES string of the molecule is CC(C)Cn1ccc2c(OCC(=O)Nc3ncn[nH]3)cccc21. The smallest absolute Gasteiger partial charge is 0.264 e. The average Bonchev–Trinajstić information content (AvgIpc) is 3.15. The van der Waals surface area contributed by atoms with Crippen molar-refractivity contribution in [2.75, 3.05) is 11.9 Å². The fraction of sp³-hybridized carbons (Fsp3) is 0.312. The van der Waals surface area contributed by atoms with Gasteiger partial charge in [-0.3, -0.25) is 10.1 Å². The topological polar surface area (TPSA) is 84.8 Å². The predicted molar refractivity (Wildman–Crippen MR) is 87.3 cm³/mol. The average molecular weight is 313 g/mol. The number of ether oxygens (including phenoxy) is 1. The largest absolute Gasteiger partial charge is 0.483 e. The summed E-state index contributed by atoms with van der Waals surface area (Å²) < 4.78 is 7.86. The maximum atomic E-state index is 11.8. The zero-order valence-corrected chi connectivity index (χ0v) is 13.1. The third kappa shape index (κ3) is 3.50. The number of nitrogens with zero attached hydrogens (tertiary/aromatic N) is 3. The minimum absolute atomic E-state index is 0.0881. The summed E-state index contributed by atoms with van der Waals surface area (Å²) in [7, 11) is 0. The van der Waals surface area contributed by atoms with Crippen molar-refractivity contribution < 1.29 is 9.53 Å². The van der Waals surface area contributed by atoms with Crippen LogP contribution >= 0.6 is 0 Å². The molecule has 120 valence electrons. The zero-order chi connectivity index (χ0) is 16.2. The molecule has 0 radical (unpaired) electrons. The second-order valence-corrected chi connectivity index (χ2v) is 5.72. The van der Waals surface area contributed by atoms with Crippen LogP contribution in [-0.4, -0.2) is 32.3 Å². The van der Waals surface area contributed by atoms with Crippen molar-refractivity contribution in [1.29, 1.82) is 0 Å². The fourth-order valence-corrected chi connectivity index (χ4v) is 2.45. The summed E-state index contributed by atoms with van der Waals surface area (Å²) in [6.07, 6.45) is 3.38. The number of aromatic amines is 1. The number of carbonyl (C=O) groups excluding carboxylic acids is 1. The van der Waals surface area contributed by atoms with E-state index in [0.717, 1.165) is 17.4 Å². The minimum atomic E-state index is -0.291. The molecule has 2 aromatic heterocycles. The molecule has 0 atom stereocenters. The van der Waals surface area contributed by atoms with Crippen LogP contribution in [-0.2, 0) is 11.3 Å². The molecule has 3 rings (SSSR count). The Morgan fingerprint density at radius 1 is 1.39 bits per heavy atom. The van der Waals surface area contributed by atoms with E-state index < -0.39 is 0 Å². The number of benzene rings is 1. The van der Waals surface area contributed by atoms with Crippen LogP contribution in [0, 0.1) is 5.92 Å². The van der Waals surface area contributed by atoms with Gasteiger partial charge in [-0.1, -0.05) is 19.9 Å². The maximum absolute atomic E-state index is 11.8. The number of carbonyl (C=O) groups is 1. The Labute approximate surface area is 133 Å². The molecule has 0 bridgehead atoms. The summed E-state index contributed by atoms with van der Waals surface area (Å²) >= 11 is 0. The lowest BCUT2D eigenvalue weighted by Gasteiger charge is -2.10. The molecule has 7 heteroatoms. The van der Waals surface area contributed by atoms with E-state index >= 15 is 0 Å². The van der Waals surface area contributed by atoms with Gasteiger partial charge in [0.2, 0.25) is 5.95 Å². The Morgan fingerprint density at radius 3 is 3.00 bits per heavy atom. The molecule has 0 saturated carbocycles. The van der Waals surface area contributed by atoms with Crippen LogP contribution in [0.3, 0.4) is 0 Å². The van der Waals surface area contributed by atoms with E-state index in [4.69, 9.17) is 4.74 Å². The van der Waals surface area contributed by atoms with Crippen LogP contribution in [0.25, 0.3) is 10.9 Å². The van der Waals surface area contributed by atoms with Crippen LogP contribution in [0.5, 0.6) is 5.75 Å². The predicted octanol–water partition coefficient (Wildman–Crippen LogP) is 2.43. The van der Waals surface area contributed by atoms with E-state index in [1.165, 1.54) is 6.33 Å². The van der Waals surface area contributed by atoms with Crippen LogP contribution < -0.4 is 10.1 Å². The molecule has 1 amide bonds. The van der Waals surface area contributed by atoms with E-state index in [1.54, 1.807) is 0 Å². The highest BCUT2D eigenvalue weighted by Crippen LogP contribution is 2.27. The normalized spacial score (nSPS) is 11.1. The lowest BCUT2D eigenvalue weighted by atomic mass is 10.2. The first-order valence-electron chi connectivity index (χ1n) is 7.49. The van der Waals surface area contributed by atoms with Crippen LogP contribution in [0.1, 0.15) is 13.8 Å². The maximum Gasteiger partial charge on any atom is 0.264 e. The van der Waals surface area contributed by atoms with E-state index in [0.29, 0.717) is 17.6 Å². The monoisotopic (exact) mass is 313 g/mol. The number of amides is 1. The molecule has 3 aromatic rings. The van der Waals surface area contributed by atoms with Gasteiger partial charge in [-0.25, -0.2) is 5.10 Å². The molecule has 2 heterocycles. The minimum Gasteiger partial charge on any atom is -0.483 e. The Morgan fingerprint density at radius 2 is 2.26 bits per heavy atom. The molecule has 1 aromatic carbocycles. The summed E-state index contributed by atoms with van der Waals surface area (Å²) in [4.78, 5) is 15.7. The zero-order valence-electron chi connectivity index (χ0n) is 13.1. The molecule has 7 nitrogen and oxygen atoms in total. The molecule has 0 spiro atoms. The number of hydrogen-bond donors (Lipinski definition) is 2. The Kier molecular flexibility index (Phi) is 4.27. The van der Waals surface area contributed by atoms with Crippen molar-refractivity contribution >= 4 is 22.8 Å². The first-order chi connectivity index (χ1) is 11.1. The second-order valence-electron chi connectivity index (χ2n) is 5.72. The first kappa shape index (κ1) is 15.1. The van der Waals surface area contributed by atoms with Gasteiger partial charge in [0.15, 0.2) is 6.61 Å². The molecule has 0 aliphatic rings. The summed E-state index contributed by atoms with van der Waals surface area (Å²) in [5, 5.41) is 9.81. The molecular weight excluding hydrogens is 294 g/mol. The number of fused-ring (bicyclic) bond motifs is 1. The molecule has 0 aliphatic heterocycles. The Balaban J connectivity index is 1.70. The molecule has 0 aliphatic carbocycles. The third-order valence-corrected chi connectivity index (χ3v) is 3.37. The van der Waals surface area contributed by atoms with Gasteiger partial charge in [-0.2, -0.15) is 10.1 Å². The van der Waals surface area contributed by atoms with Gasteiger partial charge in [0, 0.05) is 18.1 Å². The number of H-pyrrole nitrogens is 1. The van der Waals surface area contributed by atoms with Crippen LogP contribution in [0.2, 0.25) is 0 Å². The lowest BCUT2D eigenvalue weighted by molar-refractivity contribution is -0.118. The molecule has 0 unspecified atom stereocenters. The summed E-state index contributed by atoms with van der Waals surface area (Å²) in [5.74, 6) is 1.26. The van der Waals surface area contributed by atoms with Crippen LogP contribution in [0.15, 0.2) is 36.8 Å². The van der Waals surface area contributed by atoms with Gasteiger partial charge in [0.1, 0.15) is 12.1 Å². The van der Waals surface area contributed by atoms with Gasteiger partial charge in [-0.15, -0.1) is 0 Å². The number of anilines is 1. The van der Waals surface area contributed by atoms with Gasteiger partial charge in [-0.05, 0) is 24.1 Å². The molecule has 2 N–H and O–H groups in total. The fourth-order valence-electron chi connectivity index (χ4n) is 2.45. The molecule has 0 fully saturated rings. The number of nitrogens with one attached hydrogen (secondary N) is 2. The molecule has 0 saturated heterocycles. The van der Waals surface area contributed by atoms with Crippen molar-refractivity contribution in [3.8, 4) is 5.75 Å².